The number of piperidine rings is 1. The summed E-state index contributed by atoms with van der Waals surface area (Å²) in [5.74, 6) is 0.0384. The molecule has 4 heteroatoms. The third-order valence-electron chi connectivity index (χ3n) is 5.10. The molecule has 1 saturated heterocycles. The van der Waals surface area contributed by atoms with Crippen molar-refractivity contribution in [1.82, 2.24) is 10.2 Å². The summed E-state index contributed by atoms with van der Waals surface area (Å²) in [6.07, 6.45) is 1.83. The van der Waals surface area contributed by atoms with Gasteiger partial charge in [-0.15, -0.1) is 0 Å². The van der Waals surface area contributed by atoms with Crippen LogP contribution >= 0.6 is 0 Å². The first-order valence-electron chi connectivity index (χ1n) is 8.61. The molecule has 0 aliphatic carbocycles. The third kappa shape index (κ3) is 2.89. The van der Waals surface area contributed by atoms with E-state index in [0.29, 0.717) is 0 Å². The Hall–Kier alpha value is -2.33. The molecule has 2 aliphatic heterocycles. The minimum Gasteiger partial charge on any atom is -0.362 e. The van der Waals surface area contributed by atoms with Crippen LogP contribution < -0.4 is 10.6 Å². The second-order valence-corrected chi connectivity index (χ2v) is 6.97. The number of aryl methyl sites for hydroxylation is 1. The highest BCUT2D eigenvalue weighted by molar-refractivity contribution is 6.02. The van der Waals surface area contributed by atoms with Crippen molar-refractivity contribution >= 4 is 11.6 Å². The number of rotatable bonds is 2. The number of benzene rings is 2. The lowest BCUT2D eigenvalue weighted by atomic mass is 9.92. The minimum atomic E-state index is -0.297. The van der Waals surface area contributed by atoms with E-state index in [4.69, 9.17) is 0 Å². The largest absolute Gasteiger partial charge is 0.362 e. The van der Waals surface area contributed by atoms with E-state index >= 15 is 0 Å². The van der Waals surface area contributed by atoms with Gasteiger partial charge in [0.25, 0.3) is 5.91 Å². The molecular formula is C20H23N3O. The zero-order valence-electron chi connectivity index (χ0n) is 14.0. The topological polar surface area (TPSA) is 44.4 Å². The average molecular weight is 321 g/mol. The number of fused-ring (bicyclic) bond motifs is 1. The summed E-state index contributed by atoms with van der Waals surface area (Å²) in [5, 5.41) is 6.78. The maximum atomic E-state index is 12.4. The van der Waals surface area contributed by atoms with Crippen LogP contribution in [0.2, 0.25) is 0 Å². The Bertz CT molecular complexity index is 763. The van der Waals surface area contributed by atoms with E-state index in [2.05, 4.69) is 46.7 Å². The number of nitrogens with one attached hydrogen (secondary N) is 2. The number of carbonyl (C=O) groups excluding carboxylic acids is 1. The monoisotopic (exact) mass is 321 g/mol. The fourth-order valence-electron chi connectivity index (χ4n) is 3.78. The van der Waals surface area contributed by atoms with Gasteiger partial charge in [-0.25, -0.2) is 0 Å². The lowest BCUT2D eigenvalue weighted by Gasteiger charge is -2.46. The summed E-state index contributed by atoms with van der Waals surface area (Å²) in [6, 6.07) is 16.4. The van der Waals surface area contributed by atoms with E-state index in [0.717, 1.165) is 43.7 Å². The van der Waals surface area contributed by atoms with Gasteiger partial charge in [0, 0.05) is 38.2 Å². The molecule has 0 saturated carbocycles. The molecule has 2 N–H and O–H groups in total. The molecule has 24 heavy (non-hydrogen) atoms. The molecule has 0 unspecified atom stereocenters. The molecule has 2 aromatic rings. The molecule has 4 nitrogen and oxygen atoms in total. The van der Waals surface area contributed by atoms with Gasteiger partial charge in [0.05, 0.1) is 5.56 Å². The first kappa shape index (κ1) is 15.2. The van der Waals surface area contributed by atoms with Crippen LogP contribution in [0.4, 0.5) is 5.69 Å². The molecule has 2 aliphatic rings. The standard InChI is InChI=1S/C20H23N3O/c1-15-5-4-6-16(13-15)14-23-11-9-20(10-12-23)21-18-8-3-2-7-17(18)19(24)22-20/h2-8,13,21H,9-12,14H2,1H3,(H,22,24). The number of anilines is 1. The van der Waals surface area contributed by atoms with Crippen molar-refractivity contribution in [3.05, 3.63) is 65.2 Å². The molecule has 0 radical (unpaired) electrons. The van der Waals surface area contributed by atoms with Gasteiger partial charge in [-0.2, -0.15) is 0 Å². The number of carbonyl (C=O) groups is 1. The van der Waals surface area contributed by atoms with Crippen molar-refractivity contribution < 1.29 is 4.79 Å². The molecule has 1 amide bonds. The maximum absolute atomic E-state index is 12.4. The van der Waals surface area contributed by atoms with Gasteiger partial charge in [0.2, 0.25) is 0 Å². The van der Waals surface area contributed by atoms with Crippen LogP contribution in [0, 0.1) is 6.92 Å². The predicted molar refractivity (Wildman–Crippen MR) is 96.0 cm³/mol. The van der Waals surface area contributed by atoms with E-state index in [1.807, 2.05) is 24.3 Å². The van der Waals surface area contributed by atoms with Gasteiger partial charge >= 0.3 is 0 Å². The highest BCUT2D eigenvalue weighted by Crippen LogP contribution is 2.31. The number of hydrogen-bond donors (Lipinski definition) is 2. The summed E-state index contributed by atoms with van der Waals surface area (Å²) >= 11 is 0. The van der Waals surface area contributed by atoms with Crippen molar-refractivity contribution in [2.75, 3.05) is 18.4 Å². The quantitative estimate of drug-likeness (QED) is 0.893. The molecule has 124 valence electrons. The summed E-state index contributed by atoms with van der Waals surface area (Å²) in [6.45, 7) is 5.06. The number of para-hydroxylation sites is 1. The first-order valence-corrected chi connectivity index (χ1v) is 8.61. The van der Waals surface area contributed by atoms with E-state index < -0.39 is 0 Å². The summed E-state index contributed by atoms with van der Waals surface area (Å²) in [4.78, 5) is 14.9. The lowest BCUT2D eigenvalue weighted by molar-refractivity contribution is 0.0822. The van der Waals surface area contributed by atoms with Crippen molar-refractivity contribution in [3.63, 3.8) is 0 Å². The minimum absolute atomic E-state index is 0.0384. The maximum Gasteiger partial charge on any atom is 0.255 e. The lowest BCUT2D eigenvalue weighted by Crippen LogP contribution is -2.62. The average Bonchev–Trinajstić information content (AvgIpc) is 2.57. The van der Waals surface area contributed by atoms with E-state index in [9.17, 15) is 4.79 Å². The van der Waals surface area contributed by atoms with Gasteiger partial charge in [-0.05, 0) is 24.6 Å². The second kappa shape index (κ2) is 5.95. The second-order valence-electron chi connectivity index (χ2n) is 6.97. The smallest absolute Gasteiger partial charge is 0.255 e. The van der Waals surface area contributed by atoms with E-state index in [1.54, 1.807) is 0 Å². The number of nitrogens with zero attached hydrogens (tertiary/aromatic N) is 1. The highest BCUT2D eigenvalue weighted by atomic mass is 16.2. The van der Waals surface area contributed by atoms with Crippen LogP contribution in [0.3, 0.4) is 0 Å². The Morgan fingerprint density at radius 3 is 2.62 bits per heavy atom. The Labute approximate surface area is 142 Å². The molecule has 0 atom stereocenters. The number of hydrogen-bond acceptors (Lipinski definition) is 3. The third-order valence-corrected chi connectivity index (χ3v) is 5.10. The predicted octanol–water partition coefficient (Wildman–Crippen LogP) is 3.14. The molecule has 2 heterocycles. The van der Waals surface area contributed by atoms with Crippen LogP contribution in [0.5, 0.6) is 0 Å². The molecule has 4 rings (SSSR count). The van der Waals surface area contributed by atoms with E-state index in [1.165, 1.54) is 11.1 Å². The van der Waals surface area contributed by atoms with Gasteiger partial charge < -0.3 is 10.6 Å². The normalized spacial score (nSPS) is 19.5. The Morgan fingerprint density at radius 1 is 1.04 bits per heavy atom. The number of likely N-dealkylation sites (tertiary alicyclic amines) is 1. The molecule has 1 fully saturated rings. The molecule has 0 bridgehead atoms. The molecular weight excluding hydrogens is 298 g/mol. The van der Waals surface area contributed by atoms with Crippen LogP contribution in [-0.2, 0) is 6.54 Å². The van der Waals surface area contributed by atoms with Crippen LogP contribution in [0.25, 0.3) is 0 Å². The zero-order valence-corrected chi connectivity index (χ0v) is 14.0. The summed E-state index contributed by atoms with van der Waals surface area (Å²) < 4.78 is 0. The van der Waals surface area contributed by atoms with Crippen molar-refractivity contribution in [2.24, 2.45) is 0 Å². The van der Waals surface area contributed by atoms with Gasteiger partial charge in [0.15, 0.2) is 0 Å². The first-order chi connectivity index (χ1) is 11.6. The number of amides is 1. The van der Waals surface area contributed by atoms with Crippen molar-refractivity contribution in [2.45, 2.75) is 32.0 Å². The van der Waals surface area contributed by atoms with Crippen LogP contribution in [0.1, 0.15) is 34.3 Å². The summed E-state index contributed by atoms with van der Waals surface area (Å²) in [7, 11) is 0. The molecule has 0 aromatic heterocycles. The Morgan fingerprint density at radius 2 is 1.83 bits per heavy atom. The van der Waals surface area contributed by atoms with Crippen LogP contribution in [-0.4, -0.2) is 29.6 Å². The molecule has 2 aromatic carbocycles. The van der Waals surface area contributed by atoms with Crippen LogP contribution in [0.15, 0.2) is 48.5 Å². The SMILES string of the molecule is Cc1cccc(CN2CCC3(CC2)NC(=O)c2ccccc2N3)c1. The highest BCUT2D eigenvalue weighted by Gasteiger charge is 2.39. The van der Waals surface area contributed by atoms with E-state index in [-0.39, 0.29) is 11.6 Å². The Kier molecular flexibility index (Phi) is 3.77. The van der Waals surface area contributed by atoms with Gasteiger partial charge in [0.1, 0.15) is 5.66 Å². The zero-order chi connectivity index (χ0) is 16.6. The van der Waals surface area contributed by atoms with Gasteiger partial charge in [-0.1, -0.05) is 42.0 Å². The molecule has 1 spiro atoms. The fourth-order valence-corrected chi connectivity index (χ4v) is 3.78. The summed E-state index contributed by atoms with van der Waals surface area (Å²) in [5.41, 5.74) is 4.06. The van der Waals surface area contributed by atoms with Crippen molar-refractivity contribution in [1.29, 1.82) is 0 Å². The van der Waals surface area contributed by atoms with Gasteiger partial charge in [-0.3, -0.25) is 9.69 Å². The Balaban J connectivity index is 1.44. The fraction of sp³-hybridized carbons (Fsp3) is 0.350. The van der Waals surface area contributed by atoms with Crippen molar-refractivity contribution in [3.8, 4) is 0 Å².